The maximum Gasteiger partial charge on any atom is 0.151 e. The van der Waals surface area contributed by atoms with Crippen LogP contribution in [-0.2, 0) is 0 Å². The van der Waals surface area contributed by atoms with Crippen molar-refractivity contribution >= 4 is 15.9 Å². The van der Waals surface area contributed by atoms with Gasteiger partial charge in [0.15, 0.2) is 5.82 Å². The number of pyridine rings is 2. The molecule has 0 saturated carbocycles. The number of aromatic nitrogens is 2. The van der Waals surface area contributed by atoms with E-state index in [1.807, 2.05) is 0 Å². The van der Waals surface area contributed by atoms with E-state index in [9.17, 15) is 4.39 Å². The molecule has 2 aromatic heterocycles. The fourth-order valence-electron chi connectivity index (χ4n) is 1.12. The molecule has 2 rings (SSSR count). The van der Waals surface area contributed by atoms with Gasteiger partial charge >= 0.3 is 0 Å². The van der Waals surface area contributed by atoms with Gasteiger partial charge in [-0.1, -0.05) is 0 Å². The molecule has 0 spiro atoms. The quantitative estimate of drug-likeness (QED) is 0.780. The molecule has 2 aromatic rings. The van der Waals surface area contributed by atoms with E-state index < -0.39 is 0 Å². The topological polar surface area (TPSA) is 25.8 Å². The van der Waals surface area contributed by atoms with Crippen LogP contribution in [0.4, 0.5) is 4.39 Å². The number of rotatable bonds is 1. The summed E-state index contributed by atoms with van der Waals surface area (Å²) in [6, 6.07) is 6.49. The second-order valence-corrected chi connectivity index (χ2v) is 3.52. The number of hydrogen-bond acceptors (Lipinski definition) is 2. The zero-order valence-corrected chi connectivity index (χ0v) is 8.70. The van der Waals surface area contributed by atoms with Crippen LogP contribution in [0, 0.1) is 5.82 Å². The van der Waals surface area contributed by atoms with Crippen LogP contribution in [0.1, 0.15) is 0 Å². The van der Waals surface area contributed by atoms with Crippen LogP contribution in [-0.4, -0.2) is 9.97 Å². The highest BCUT2D eigenvalue weighted by atomic mass is 79.9. The molecule has 2 nitrogen and oxygen atoms in total. The molecule has 0 aliphatic carbocycles. The van der Waals surface area contributed by atoms with Crippen molar-refractivity contribution in [2.75, 3.05) is 0 Å². The van der Waals surface area contributed by atoms with Crippen molar-refractivity contribution in [3.63, 3.8) is 0 Å². The van der Waals surface area contributed by atoms with Gasteiger partial charge in [-0.15, -0.1) is 0 Å². The van der Waals surface area contributed by atoms with Crippen LogP contribution in [0.5, 0.6) is 0 Å². The predicted molar refractivity (Wildman–Crippen MR) is 55.1 cm³/mol. The van der Waals surface area contributed by atoms with E-state index in [4.69, 9.17) is 0 Å². The Bertz CT molecular complexity index is 416. The summed E-state index contributed by atoms with van der Waals surface area (Å²) < 4.78 is 14.1. The first-order chi connectivity index (χ1) is 6.79. The van der Waals surface area contributed by atoms with E-state index in [0.717, 1.165) is 4.47 Å². The van der Waals surface area contributed by atoms with Crippen molar-refractivity contribution in [3.8, 4) is 11.4 Å². The molecule has 0 N–H and O–H groups in total. The van der Waals surface area contributed by atoms with E-state index >= 15 is 0 Å². The Morgan fingerprint density at radius 1 is 1.00 bits per heavy atom. The fraction of sp³-hybridized carbons (Fsp3) is 0. The third-order valence-corrected chi connectivity index (χ3v) is 2.38. The van der Waals surface area contributed by atoms with Gasteiger partial charge in [0.1, 0.15) is 11.4 Å². The zero-order valence-electron chi connectivity index (χ0n) is 7.11. The minimum atomic E-state index is -0.369. The first-order valence-corrected chi connectivity index (χ1v) is 4.80. The number of halogens is 2. The van der Waals surface area contributed by atoms with Crippen molar-refractivity contribution in [2.45, 2.75) is 0 Å². The van der Waals surface area contributed by atoms with Gasteiger partial charge in [-0.2, -0.15) is 0 Å². The summed E-state index contributed by atoms with van der Waals surface area (Å²) in [5, 5.41) is 0. The standard InChI is InChI=1S/C10H6BrFN2/c11-7-3-1-5-13-9(7)10-8(12)4-2-6-14-10/h1-6H. The Hall–Kier alpha value is -1.29. The summed E-state index contributed by atoms with van der Waals surface area (Å²) in [5.41, 5.74) is 0.783. The number of hydrogen-bond donors (Lipinski definition) is 0. The van der Waals surface area contributed by atoms with Crippen LogP contribution in [0.15, 0.2) is 41.1 Å². The number of nitrogens with zero attached hydrogens (tertiary/aromatic N) is 2. The molecule has 0 fully saturated rings. The highest BCUT2D eigenvalue weighted by Crippen LogP contribution is 2.25. The van der Waals surface area contributed by atoms with Crippen molar-refractivity contribution in [1.82, 2.24) is 9.97 Å². The first-order valence-electron chi connectivity index (χ1n) is 4.00. The van der Waals surface area contributed by atoms with Crippen LogP contribution in [0.25, 0.3) is 11.4 Å². The molecule has 0 aliphatic rings. The minimum Gasteiger partial charge on any atom is -0.253 e. The van der Waals surface area contributed by atoms with Gasteiger partial charge < -0.3 is 0 Å². The Morgan fingerprint density at radius 3 is 2.29 bits per heavy atom. The van der Waals surface area contributed by atoms with Gasteiger partial charge in [-0.05, 0) is 40.2 Å². The molecular weight excluding hydrogens is 247 g/mol. The van der Waals surface area contributed by atoms with Gasteiger partial charge in [0, 0.05) is 16.9 Å². The maximum atomic E-state index is 13.3. The van der Waals surface area contributed by atoms with Crippen LogP contribution >= 0.6 is 15.9 Å². The van der Waals surface area contributed by atoms with E-state index in [2.05, 4.69) is 25.9 Å². The molecule has 0 atom stereocenters. The average molecular weight is 253 g/mol. The van der Waals surface area contributed by atoms with Crippen LogP contribution in [0.3, 0.4) is 0 Å². The molecule has 70 valence electrons. The molecule has 0 aromatic carbocycles. The van der Waals surface area contributed by atoms with Gasteiger partial charge in [0.05, 0.1) is 0 Å². The second-order valence-electron chi connectivity index (χ2n) is 2.67. The summed E-state index contributed by atoms with van der Waals surface area (Å²) in [4.78, 5) is 8.00. The molecule has 0 radical (unpaired) electrons. The maximum absolute atomic E-state index is 13.3. The van der Waals surface area contributed by atoms with Gasteiger partial charge in [0.2, 0.25) is 0 Å². The summed E-state index contributed by atoms with van der Waals surface area (Å²) in [6.45, 7) is 0. The summed E-state index contributed by atoms with van der Waals surface area (Å²) in [5.74, 6) is -0.369. The molecule has 0 amide bonds. The Labute approximate surface area is 89.0 Å². The average Bonchev–Trinajstić information content (AvgIpc) is 2.20. The highest BCUT2D eigenvalue weighted by molar-refractivity contribution is 9.10. The SMILES string of the molecule is Fc1cccnc1-c1ncccc1Br. The zero-order chi connectivity index (χ0) is 9.97. The lowest BCUT2D eigenvalue weighted by Crippen LogP contribution is -1.91. The predicted octanol–water partition coefficient (Wildman–Crippen LogP) is 3.05. The van der Waals surface area contributed by atoms with Crippen molar-refractivity contribution in [1.29, 1.82) is 0 Å². The minimum absolute atomic E-state index is 0.264. The Balaban J connectivity index is 2.61. The third kappa shape index (κ3) is 1.65. The largest absolute Gasteiger partial charge is 0.253 e. The van der Waals surface area contributed by atoms with Gasteiger partial charge in [0.25, 0.3) is 0 Å². The smallest absolute Gasteiger partial charge is 0.151 e. The molecule has 0 unspecified atom stereocenters. The van der Waals surface area contributed by atoms with E-state index in [0.29, 0.717) is 5.69 Å². The Kier molecular flexibility index (Phi) is 2.54. The summed E-state index contributed by atoms with van der Waals surface area (Å²) in [7, 11) is 0. The molecule has 0 aliphatic heterocycles. The second kappa shape index (κ2) is 3.84. The van der Waals surface area contributed by atoms with Crippen molar-refractivity contribution in [3.05, 3.63) is 46.9 Å². The fourth-order valence-corrected chi connectivity index (χ4v) is 1.56. The van der Waals surface area contributed by atoms with Crippen molar-refractivity contribution < 1.29 is 4.39 Å². The lowest BCUT2D eigenvalue weighted by molar-refractivity contribution is 0.625. The molecule has 4 heteroatoms. The Morgan fingerprint density at radius 2 is 1.64 bits per heavy atom. The molecular formula is C10H6BrFN2. The third-order valence-electron chi connectivity index (χ3n) is 1.74. The van der Waals surface area contributed by atoms with Gasteiger partial charge in [-0.25, -0.2) is 4.39 Å². The van der Waals surface area contributed by atoms with Crippen LogP contribution in [0.2, 0.25) is 0 Å². The van der Waals surface area contributed by atoms with E-state index in [-0.39, 0.29) is 11.5 Å². The molecule has 0 saturated heterocycles. The lowest BCUT2D eigenvalue weighted by atomic mass is 10.2. The molecule has 0 bridgehead atoms. The van der Waals surface area contributed by atoms with E-state index in [1.54, 1.807) is 30.6 Å². The monoisotopic (exact) mass is 252 g/mol. The first kappa shape index (κ1) is 9.27. The van der Waals surface area contributed by atoms with Crippen LogP contribution < -0.4 is 0 Å². The molecule has 14 heavy (non-hydrogen) atoms. The van der Waals surface area contributed by atoms with E-state index in [1.165, 1.54) is 6.07 Å². The lowest BCUT2D eigenvalue weighted by Gasteiger charge is -2.02. The van der Waals surface area contributed by atoms with Gasteiger partial charge in [-0.3, -0.25) is 9.97 Å². The summed E-state index contributed by atoms with van der Waals surface area (Å²) in [6.07, 6.45) is 3.15. The van der Waals surface area contributed by atoms with Crippen molar-refractivity contribution in [2.24, 2.45) is 0 Å². The normalized spacial score (nSPS) is 10.1. The summed E-state index contributed by atoms with van der Waals surface area (Å²) >= 11 is 3.30. The highest BCUT2D eigenvalue weighted by Gasteiger charge is 2.09. The molecule has 2 heterocycles.